The number of anilines is 1. The summed E-state index contributed by atoms with van der Waals surface area (Å²) in [5.74, 6) is -0.0170. The van der Waals surface area contributed by atoms with Crippen molar-refractivity contribution in [1.29, 1.82) is 0 Å². The Morgan fingerprint density at radius 1 is 1.36 bits per heavy atom. The summed E-state index contributed by atoms with van der Waals surface area (Å²) in [5, 5.41) is 2.67. The first-order valence-corrected chi connectivity index (χ1v) is 8.39. The van der Waals surface area contributed by atoms with E-state index in [0.29, 0.717) is 19.1 Å². The normalized spacial score (nSPS) is 22.3. The van der Waals surface area contributed by atoms with Crippen LogP contribution in [0.5, 0.6) is 5.75 Å². The van der Waals surface area contributed by atoms with Crippen LogP contribution in [0.4, 0.5) is 18.9 Å². The Hall–Kier alpha value is -1.80. The standard InChI is InChI=1S/C17H21F3N2O3/c18-17(19,20)25-14-6-2-5-13(9-14)21-16(23)15-11-24-8-7-22(15)10-12-3-1-4-12/h2,5-6,9,12,15H,1,3-4,7-8,10-11H2,(H,21,23). The first-order valence-electron chi connectivity index (χ1n) is 8.39. The highest BCUT2D eigenvalue weighted by Gasteiger charge is 2.33. The van der Waals surface area contributed by atoms with Crippen LogP contribution in [0.15, 0.2) is 24.3 Å². The summed E-state index contributed by atoms with van der Waals surface area (Å²) in [6.07, 6.45) is -1.16. The van der Waals surface area contributed by atoms with Gasteiger partial charge in [-0.05, 0) is 30.9 Å². The Morgan fingerprint density at radius 2 is 2.16 bits per heavy atom. The minimum atomic E-state index is -4.76. The number of benzene rings is 1. The molecule has 25 heavy (non-hydrogen) atoms. The van der Waals surface area contributed by atoms with Gasteiger partial charge in [0, 0.05) is 24.8 Å². The number of carbonyl (C=O) groups is 1. The first kappa shape index (κ1) is 18.0. The van der Waals surface area contributed by atoms with Gasteiger partial charge in [0.05, 0.1) is 13.2 Å². The monoisotopic (exact) mass is 358 g/mol. The molecule has 1 unspecified atom stereocenters. The molecule has 1 heterocycles. The molecule has 2 aliphatic rings. The molecule has 0 radical (unpaired) electrons. The second-order valence-electron chi connectivity index (χ2n) is 6.45. The van der Waals surface area contributed by atoms with Gasteiger partial charge in [0.25, 0.3) is 0 Å². The highest BCUT2D eigenvalue weighted by atomic mass is 19.4. The highest BCUT2D eigenvalue weighted by Crippen LogP contribution is 2.29. The van der Waals surface area contributed by atoms with Crippen LogP contribution in [-0.2, 0) is 9.53 Å². The summed E-state index contributed by atoms with van der Waals surface area (Å²) in [4.78, 5) is 14.7. The van der Waals surface area contributed by atoms with E-state index in [9.17, 15) is 18.0 Å². The van der Waals surface area contributed by atoms with Crippen molar-refractivity contribution in [2.45, 2.75) is 31.7 Å². The van der Waals surface area contributed by atoms with Gasteiger partial charge < -0.3 is 14.8 Å². The lowest BCUT2D eigenvalue weighted by Crippen LogP contribution is -2.53. The summed E-state index contributed by atoms with van der Waals surface area (Å²) in [6, 6.07) is 4.85. The Balaban J connectivity index is 1.62. The third-order valence-corrected chi connectivity index (χ3v) is 4.59. The molecule has 1 atom stereocenters. The molecule has 1 amide bonds. The minimum absolute atomic E-state index is 0.265. The number of morpholine rings is 1. The molecular weight excluding hydrogens is 337 g/mol. The Morgan fingerprint density at radius 3 is 2.84 bits per heavy atom. The summed E-state index contributed by atoms with van der Waals surface area (Å²) in [7, 11) is 0. The van der Waals surface area contributed by atoms with Crippen LogP contribution in [0.25, 0.3) is 0 Å². The maximum absolute atomic E-state index is 12.6. The van der Waals surface area contributed by atoms with E-state index in [1.54, 1.807) is 0 Å². The minimum Gasteiger partial charge on any atom is -0.406 e. The Labute approximate surface area is 144 Å². The summed E-state index contributed by atoms with van der Waals surface area (Å²) in [5.41, 5.74) is 0.265. The van der Waals surface area contributed by atoms with Gasteiger partial charge in [-0.15, -0.1) is 13.2 Å². The summed E-state index contributed by atoms with van der Waals surface area (Å²) < 4.78 is 46.2. The van der Waals surface area contributed by atoms with E-state index in [1.807, 2.05) is 0 Å². The van der Waals surface area contributed by atoms with Crippen LogP contribution >= 0.6 is 0 Å². The number of nitrogens with one attached hydrogen (secondary N) is 1. The number of amides is 1. The molecule has 8 heteroatoms. The zero-order valence-electron chi connectivity index (χ0n) is 13.7. The predicted molar refractivity (Wildman–Crippen MR) is 85.3 cm³/mol. The lowest BCUT2D eigenvalue weighted by Gasteiger charge is -2.39. The van der Waals surface area contributed by atoms with Gasteiger partial charge in [-0.3, -0.25) is 9.69 Å². The van der Waals surface area contributed by atoms with Crippen LogP contribution in [-0.4, -0.2) is 49.5 Å². The molecule has 1 saturated carbocycles. The van der Waals surface area contributed by atoms with E-state index in [0.717, 1.165) is 12.6 Å². The van der Waals surface area contributed by atoms with Crippen molar-refractivity contribution in [2.75, 3.05) is 31.6 Å². The van der Waals surface area contributed by atoms with Crippen molar-refractivity contribution >= 4 is 11.6 Å². The third-order valence-electron chi connectivity index (χ3n) is 4.59. The van der Waals surface area contributed by atoms with Gasteiger partial charge in [-0.1, -0.05) is 12.5 Å². The number of ether oxygens (including phenoxy) is 2. The van der Waals surface area contributed by atoms with Gasteiger partial charge in [-0.2, -0.15) is 0 Å². The molecule has 1 aromatic carbocycles. The molecule has 0 aromatic heterocycles. The fourth-order valence-corrected chi connectivity index (χ4v) is 3.10. The maximum atomic E-state index is 12.6. The molecule has 0 bridgehead atoms. The third kappa shape index (κ3) is 5.09. The van der Waals surface area contributed by atoms with Gasteiger partial charge in [-0.25, -0.2) is 0 Å². The summed E-state index contributed by atoms with van der Waals surface area (Å²) in [6.45, 7) is 2.42. The molecular formula is C17H21F3N2O3. The molecule has 0 spiro atoms. The van der Waals surface area contributed by atoms with E-state index in [-0.39, 0.29) is 24.0 Å². The fraction of sp³-hybridized carbons (Fsp3) is 0.588. The van der Waals surface area contributed by atoms with Crippen molar-refractivity contribution in [2.24, 2.45) is 5.92 Å². The largest absolute Gasteiger partial charge is 0.573 e. The molecule has 3 rings (SSSR count). The molecule has 1 aliphatic heterocycles. The number of alkyl halides is 3. The highest BCUT2D eigenvalue weighted by molar-refractivity contribution is 5.95. The number of hydrogen-bond donors (Lipinski definition) is 1. The van der Waals surface area contributed by atoms with Gasteiger partial charge in [0.15, 0.2) is 0 Å². The second-order valence-corrected chi connectivity index (χ2v) is 6.45. The fourth-order valence-electron chi connectivity index (χ4n) is 3.10. The van der Waals surface area contributed by atoms with Crippen molar-refractivity contribution < 1.29 is 27.4 Å². The van der Waals surface area contributed by atoms with Gasteiger partial charge in [0.2, 0.25) is 5.91 Å². The van der Waals surface area contributed by atoms with E-state index >= 15 is 0 Å². The van der Waals surface area contributed by atoms with E-state index in [4.69, 9.17) is 4.74 Å². The Bertz CT molecular complexity index is 605. The molecule has 2 fully saturated rings. The van der Waals surface area contributed by atoms with Crippen LogP contribution in [0.2, 0.25) is 0 Å². The SMILES string of the molecule is O=C(Nc1cccc(OC(F)(F)F)c1)C1COCCN1CC1CCC1. The van der Waals surface area contributed by atoms with Crippen molar-refractivity contribution in [3.05, 3.63) is 24.3 Å². The molecule has 1 saturated heterocycles. The van der Waals surface area contributed by atoms with Gasteiger partial charge in [0.1, 0.15) is 11.8 Å². The van der Waals surface area contributed by atoms with Gasteiger partial charge >= 0.3 is 6.36 Å². The smallest absolute Gasteiger partial charge is 0.406 e. The second kappa shape index (κ2) is 7.61. The van der Waals surface area contributed by atoms with E-state index in [2.05, 4.69) is 15.0 Å². The predicted octanol–water partition coefficient (Wildman–Crippen LogP) is 3.02. The van der Waals surface area contributed by atoms with Crippen molar-refractivity contribution in [3.8, 4) is 5.75 Å². The molecule has 138 valence electrons. The van der Waals surface area contributed by atoms with E-state index < -0.39 is 12.4 Å². The average molecular weight is 358 g/mol. The number of rotatable bonds is 5. The zero-order valence-corrected chi connectivity index (χ0v) is 13.7. The topological polar surface area (TPSA) is 50.8 Å². The number of hydrogen-bond acceptors (Lipinski definition) is 4. The van der Waals surface area contributed by atoms with Crippen LogP contribution in [0.1, 0.15) is 19.3 Å². The molecule has 5 nitrogen and oxygen atoms in total. The van der Waals surface area contributed by atoms with Crippen molar-refractivity contribution in [3.63, 3.8) is 0 Å². The van der Waals surface area contributed by atoms with Crippen molar-refractivity contribution in [1.82, 2.24) is 4.90 Å². The van der Waals surface area contributed by atoms with Crippen LogP contribution in [0, 0.1) is 5.92 Å². The molecule has 1 N–H and O–H groups in total. The lowest BCUT2D eigenvalue weighted by molar-refractivity contribution is -0.274. The summed E-state index contributed by atoms with van der Waals surface area (Å²) >= 11 is 0. The molecule has 1 aliphatic carbocycles. The maximum Gasteiger partial charge on any atom is 0.573 e. The van der Waals surface area contributed by atoms with Crippen LogP contribution in [0.3, 0.4) is 0 Å². The average Bonchev–Trinajstić information content (AvgIpc) is 2.50. The Kier molecular flexibility index (Phi) is 5.48. The lowest BCUT2D eigenvalue weighted by atomic mass is 9.84. The quantitative estimate of drug-likeness (QED) is 0.879. The number of carbonyl (C=O) groups excluding carboxylic acids is 1. The molecule has 1 aromatic rings. The number of nitrogens with zero attached hydrogens (tertiary/aromatic N) is 1. The first-order chi connectivity index (χ1) is 11.9. The zero-order chi connectivity index (χ0) is 17.9. The number of halogens is 3. The van der Waals surface area contributed by atoms with Crippen LogP contribution < -0.4 is 10.1 Å². The van der Waals surface area contributed by atoms with E-state index in [1.165, 1.54) is 37.5 Å².